The molecule has 0 N–H and O–H groups in total. The number of aromatic nitrogens is 1. The van der Waals surface area contributed by atoms with Gasteiger partial charge in [0.2, 0.25) is 0 Å². The average molecular weight is 294 g/mol. The molecule has 0 bridgehead atoms. The van der Waals surface area contributed by atoms with Crippen LogP contribution in [-0.4, -0.2) is 36.6 Å². The summed E-state index contributed by atoms with van der Waals surface area (Å²) in [5.74, 6) is 0.793. The highest BCUT2D eigenvalue weighted by molar-refractivity contribution is 5.55. The molecule has 1 atom stereocenters. The summed E-state index contributed by atoms with van der Waals surface area (Å²) in [6.07, 6.45) is 1.76. The van der Waals surface area contributed by atoms with E-state index < -0.39 is 0 Å². The van der Waals surface area contributed by atoms with Gasteiger partial charge < -0.3 is 9.80 Å². The quantitative estimate of drug-likeness (QED) is 0.853. The molecule has 4 nitrogen and oxygen atoms in total. The van der Waals surface area contributed by atoms with Crippen molar-refractivity contribution in [3.05, 3.63) is 59.8 Å². The number of likely N-dealkylation sites (N-methyl/N-ethyl adjacent to an activating group) is 1. The third-order valence-corrected chi connectivity index (χ3v) is 3.95. The molecule has 1 aliphatic heterocycles. The van der Waals surface area contributed by atoms with Crippen LogP contribution < -0.4 is 4.90 Å². The number of nitriles is 1. The van der Waals surface area contributed by atoms with Gasteiger partial charge in [0.1, 0.15) is 11.9 Å². The third kappa shape index (κ3) is 3.10. The predicted molar refractivity (Wildman–Crippen MR) is 89.7 cm³/mol. The minimum atomic E-state index is 0. The van der Waals surface area contributed by atoms with E-state index in [1.54, 1.807) is 6.20 Å². The fourth-order valence-corrected chi connectivity index (χ4v) is 2.85. The first-order valence-corrected chi connectivity index (χ1v) is 7.15. The lowest BCUT2D eigenvalue weighted by molar-refractivity contribution is 0.268. The van der Waals surface area contributed by atoms with Crippen molar-refractivity contribution in [2.24, 2.45) is 0 Å². The molecule has 0 amide bonds. The van der Waals surface area contributed by atoms with Crippen molar-refractivity contribution in [3.63, 3.8) is 0 Å². The highest BCUT2D eigenvalue weighted by Gasteiger charge is 2.28. The monoisotopic (exact) mass is 294 g/mol. The van der Waals surface area contributed by atoms with Gasteiger partial charge in [0.05, 0.1) is 11.6 Å². The van der Waals surface area contributed by atoms with Gasteiger partial charge in [-0.1, -0.05) is 37.8 Å². The lowest BCUT2D eigenvalue weighted by Crippen LogP contribution is -2.47. The number of pyridine rings is 1. The molecule has 0 radical (unpaired) electrons. The second-order valence-electron chi connectivity index (χ2n) is 5.37. The molecular weight excluding hydrogens is 272 g/mol. The van der Waals surface area contributed by atoms with Crippen LogP contribution in [0, 0.1) is 11.3 Å². The molecule has 1 fully saturated rings. The fourth-order valence-electron chi connectivity index (χ4n) is 2.85. The maximum atomic E-state index is 9.33. The Labute approximate surface area is 132 Å². The van der Waals surface area contributed by atoms with E-state index in [0.29, 0.717) is 5.56 Å². The fraction of sp³-hybridized carbons (Fsp3) is 0.333. The van der Waals surface area contributed by atoms with Gasteiger partial charge in [-0.2, -0.15) is 5.26 Å². The molecule has 0 spiro atoms. The van der Waals surface area contributed by atoms with E-state index in [4.69, 9.17) is 0 Å². The first kappa shape index (κ1) is 16.0. The molecule has 1 aromatic heterocycles. The van der Waals surface area contributed by atoms with Gasteiger partial charge in [0, 0.05) is 25.8 Å². The Kier molecular flexibility index (Phi) is 5.13. The molecular formula is C18H22N4. The summed E-state index contributed by atoms with van der Waals surface area (Å²) in [4.78, 5) is 9.04. The highest BCUT2D eigenvalue weighted by atomic mass is 15.3. The minimum absolute atomic E-state index is 0. The average Bonchev–Trinajstić information content (AvgIpc) is 2.55. The van der Waals surface area contributed by atoms with Gasteiger partial charge in [0.25, 0.3) is 0 Å². The van der Waals surface area contributed by atoms with Crippen LogP contribution in [-0.2, 0) is 0 Å². The summed E-state index contributed by atoms with van der Waals surface area (Å²) < 4.78 is 0. The molecule has 4 heteroatoms. The molecule has 2 heterocycles. The van der Waals surface area contributed by atoms with Crippen LogP contribution in [0.3, 0.4) is 0 Å². The normalized spacial score (nSPS) is 18.4. The van der Waals surface area contributed by atoms with Crippen LogP contribution in [0.5, 0.6) is 0 Å². The Bertz CT molecular complexity index is 648. The zero-order valence-electron chi connectivity index (χ0n) is 12.1. The molecule has 1 unspecified atom stereocenters. The van der Waals surface area contributed by atoms with Crippen LogP contribution >= 0.6 is 0 Å². The first-order valence-electron chi connectivity index (χ1n) is 7.15. The number of rotatable bonds is 2. The molecule has 1 aliphatic rings. The second-order valence-corrected chi connectivity index (χ2v) is 5.37. The molecule has 2 aromatic rings. The van der Waals surface area contributed by atoms with Gasteiger partial charge in [-0.25, -0.2) is 4.98 Å². The predicted octanol–water partition coefficient (Wildman–Crippen LogP) is 3.08. The van der Waals surface area contributed by atoms with E-state index >= 15 is 0 Å². The highest BCUT2D eigenvalue weighted by Crippen LogP contribution is 2.30. The Hall–Kier alpha value is -2.38. The first-order chi connectivity index (χ1) is 10.3. The van der Waals surface area contributed by atoms with Crippen molar-refractivity contribution in [2.45, 2.75) is 13.5 Å². The zero-order valence-corrected chi connectivity index (χ0v) is 12.1. The van der Waals surface area contributed by atoms with Crippen molar-refractivity contribution in [2.75, 3.05) is 31.6 Å². The number of nitrogens with zero attached hydrogens (tertiary/aromatic N) is 4. The van der Waals surface area contributed by atoms with E-state index in [-0.39, 0.29) is 13.5 Å². The van der Waals surface area contributed by atoms with Crippen LogP contribution in [0.15, 0.2) is 48.7 Å². The molecule has 22 heavy (non-hydrogen) atoms. The van der Waals surface area contributed by atoms with E-state index in [9.17, 15) is 5.26 Å². The summed E-state index contributed by atoms with van der Waals surface area (Å²) >= 11 is 0. The largest absolute Gasteiger partial charge is 0.346 e. The minimum Gasteiger partial charge on any atom is -0.346 e. The summed E-state index contributed by atoms with van der Waals surface area (Å²) in [6.45, 7) is 2.79. The lowest BCUT2D eigenvalue weighted by atomic mass is 10.0. The summed E-state index contributed by atoms with van der Waals surface area (Å²) in [7, 11) is 2.14. The van der Waals surface area contributed by atoms with E-state index in [0.717, 1.165) is 25.5 Å². The van der Waals surface area contributed by atoms with Crippen molar-refractivity contribution in [3.8, 4) is 6.07 Å². The van der Waals surface area contributed by atoms with Crippen LogP contribution in [0.2, 0.25) is 0 Å². The number of hydrogen-bond donors (Lipinski definition) is 0. The van der Waals surface area contributed by atoms with Crippen molar-refractivity contribution in [1.29, 1.82) is 5.26 Å². The van der Waals surface area contributed by atoms with Gasteiger partial charge >= 0.3 is 0 Å². The van der Waals surface area contributed by atoms with Crippen molar-refractivity contribution < 1.29 is 0 Å². The zero-order chi connectivity index (χ0) is 14.7. The Balaban J connectivity index is 0.00000176. The Morgan fingerprint density at radius 1 is 1.14 bits per heavy atom. The SMILES string of the molecule is C.CN1CCN(c2ncccc2C#N)C(c2ccccc2)C1. The topological polar surface area (TPSA) is 43.2 Å². The maximum absolute atomic E-state index is 9.33. The number of benzene rings is 1. The second kappa shape index (κ2) is 7.06. The molecule has 0 aliphatic carbocycles. The Morgan fingerprint density at radius 2 is 1.91 bits per heavy atom. The van der Waals surface area contributed by atoms with Crippen LogP contribution in [0.4, 0.5) is 5.82 Å². The van der Waals surface area contributed by atoms with Crippen molar-refractivity contribution >= 4 is 5.82 Å². The van der Waals surface area contributed by atoms with E-state index in [1.165, 1.54) is 5.56 Å². The maximum Gasteiger partial charge on any atom is 0.147 e. The van der Waals surface area contributed by atoms with Gasteiger partial charge in [-0.05, 0) is 24.7 Å². The van der Waals surface area contributed by atoms with Crippen molar-refractivity contribution in [1.82, 2.24) is 9.88 Å². The summed E-state index contributed by atoms with van der Waals surface area (Å²) in [6, 6.07) is 16.6. The van der Waals surface area contributed by atoms with Gasteiger partial charge in [-0.15, -0.1) is 0 Å². The standard InChI is InChI=1S/C17H18N4.CH4/c1-20-10-11-21(17-15(12-18)8-5-9-19-17)16(13-20)14-6-3-2-4-7-14;/h2-9,16H,10-11,13H2,1H3;1H4. The lowest BCUT2D eigenvalue weighted by Gasteiger charge is -2.41. The van der Waals surface area contributed by atoms with Crippen LogP contribution in [0.25, 0.3) is 0 Å². The molecule has 3 rings (SSSR count). The smallest absolute Gasteiger partial charge is 0.147 e. The van der Waals surface area contributed by atoms with Gasteiger partial charge in [0.15, 0.2) is 0 Å². The molecule has 1 saturated heterocycles. The van der Waals surface area contributed by atoms with E-state index in [1.807, 2.05) is 18.2 Å². The van der Waals surface area contributed by atoms with Crippen LogP contribution in [0.1, 0.15) is 24.6 Å². The number of piperazine rings is 1. The summed E-state index contributed by atoms with van der Waals surface area (Å²) in [5.41, 5.74) is 1.90. The number of hydrogen-bond acceptors (Lipinski definition) is 4. The Morgan fingerprint density at radius 3 is 2.64 bits per heavy atom. The molecule has 0 saturated carbocycles. The molecule has 114 valence electrons. The molecule has 1 aromatic carbocycles. The third-order valence-electron chi connectivity index (χ3n) is 3.95. The van der Waals surface area contributed by atoms with Gasteiger partial charge in [-0.3, -0.25) is 0 Å². The number of anilines is 1. The van der Waals surface area contributed by atoms with E-state index in [2.05, 4.69) is 52.2 Å². The summed E-state index contributed by atoms with van der Waals surface area (Å²) in [5, 5.41) is 9.33.